The first-order chi connectivity index (χ1) is 7.81. The van der Waals surface area contributed by atoms with Crippen LogP contribution < -0.4 is 5.32 Å². The maximum absolute atomic E-state index is 4.36. The molecule has 0 spiro atoms. The highest BCUT2D eigenvalue weighted by atomic mass is 32.2. The Hall–Kier alpha value is -1.28. The first-order valence-corrected chi connectivity index (χ1v) is 6.50. The van der Waals surface area contributed by atoms with E-state index in [0.717, 1.165) is 16.0 Å². The van der Waals surface area contributed by atoms with E-state index in [-0.39, 0.29) is 0 Å². The average Bonchev–Trinajstić information content (AvgIpc) is 2.81. The van der Waals surface area contributed by atoms with Crippen LogP contribution in [0.3, 0.4) is 0 Å². The second-order valence-corrected chi connectivity index (χ2v) is 4.50. The highest BCUT2D eigenvalue weighted by Gasteiger charge is 2.06. The zero-order valence-corrected chi connectivity index (χ0v) is 10.4. The Labute approximate surface area is 101 Å². The summed E-state index contributed by atoms with van der Waals surface area (Å²) in [6.45, 7) is 0. The summed E-state index contributed by atoms with van der Waals surface area (Å²) in [4.78, 5) is 12.7. The van der Waals surface area contributed by atoms with E-state index < -0.39 is 0 Å². The molecule has 2 heterocycles. The molecule has 8 heteroatoms. The van der Waals surface area contributed by atoms with Gasteiger partial charge in [-0.05, 0) is 18.0 Å². The van der Waals surface area contributed by atoms with E-state index in [9.17, 15) is 0 Å². The third kappa shape index (κ3) is 2.64. The molecule has 2 rings (SSSR count). The molecule has 0 amide bonds. The summed E-state index contributed by atoms with van der Waals surface area (Å²) < 4.78 is 0. The van der Waals surface area contributed by atoms with Crippen LogP contribution in [-0.4, -0.2) is 38.5 Å². The Bertz CT molecular complexity index is 435. The Morgan fingerprint density at radius 3 is 2.88 bits per heavy atom. The van der Waals surface area contributed by atoms with Gasteiger partial charge in [-0.2, -0.15) is 5.10 Å². The van der Waals surface area contributed by atoms with Crippen molar-refractivity contribution in [2.75, 3.05) is 18.6 Å². The molecule has 0 aromatic carbocycles. The maximum atomic E-state index is 4.36. The molecule has 0 aliphatic heterocycles. The first kappa shape index (κ1) is 11.2. The molecule has 0 unspecified atom stereocenters. The molecule has 0 aliphatic rings. The fourth-order valence-corrected chi connectivity index (χ4v) is 2.15. The molecule has 16 heavy (non-hydrogen) atoms. The second-order valence-electron chi connectivity index (χ2n) is 2.72. The van der Waals surface area contributed by atoms with Gasteiger partial charge < -0.3 is 5.32 Å². The van der Waals surface area contributed by atoms with Crippen LogP contribution in [-0.2, 0) is 0 Å². The summed E-state index contributed by atoms with van der Waals surface area (Å²) in [5.41, 5.74) is 0. The molecule has 0 saturated carbocycles. The molecule has 0 aliphatic carbocycles. The van der Waals surface area contributed by atoms with Crippen LogP contribution in [0.4, 0.5) is 5.82 Å². The lowest BCUT2D eigenvalue weighted by atomic mass is 10.6. The molecule has 0 atom stereocenters. The minimum atomic E-state index is 0.716. The number of thioether (sulfide) groups is 1. The number of hydrogen-bond acceptors (Lipinski definition) is 7. The SMILES string of the molecule is CNc1cc(Sc2ncn[nH]2)nc(SC)n1. The van der Waals surface area contributed by atoms with Crippen molar-refractivity contribution in [1.29, 1.82) is 0 Å². The van der Waals surface area contributed by atoms with E-state index in [1.54, 1.807) is 0 Å². The van der Waals surface area contributed by atoms with Crippen molar-refractivity contribution < 1.29 is 0 Å². The predicted molar refractivity (Wildman–Crippen MR) is 63.9 cm³/mol. The number of aromatic amines is 1. The number of rotatable bonds is 4. The molecule has 2 N–H and O–H groups in total. The van der Waals surface area contributed by atoms with Gasteiger partial charge in [0.1, 0.15) is 17.2 Å². The van der Waals surface area contributed by atoms with Gasteiger partial charge in [-0.15, -0.1) is 0 Å². The van der Waals surface area contributed by atoms with E-state index in [1.807, 2.05) is 19.4 Å². The Balaban J connectivity index is 2.26. The summed E-state index contributed by atoms with van der Waals surface area (Å²) in [5.74, 6) is 0.793. The number of H-pyrrole nitrogens is 1. The molecule has 6 nitrogen and oxygen atoms in total. The first-order valence-electron chi connectivity index (χ1n) is 4.46. The van der Waals surface area contributed by atoms with Gasteiger partial charge in [0.05, 0.1) is 0 Å². The van der Waals surface area contributed by atoms with E-state index in [1.165, 1.54) is 29.9 Å². The standard InChI is InChI=1S/C8H10N6S2/c1-9-5-3-6(13-8(12-5)15-2)16-7-10-4-11-14-7/h3-4H,1-2H3,(H,9,12,13)(H,10,11,14). The minimum absolute atomic E-state index is 0.716. The molecular weight excluding hydrogens is 244 g/mol. The number of nitrogens with one attached hydrogen (secondary N) is 2. The van der Waals surface area contributed by atoms with Crippen molar-refractivity contribution >= 4 is 29.3 Å². The number of anilines is 1. The van der Waals surface area contributed by atoms with Gasteiger partial charge in [-0.1, -0.05) is 11.8 Å². The molecule has 2 aromatic heterocycles. The number of aromatic nitrogens is 5. The Morgan fingerprint density at radius 2 is 2.25 bits per heavy atom. The van der Waals surface area contributed by atoms with Crippen LogP contribution in [0.25, 0.3) is 0 Å². The molecular formula is C8H10N6S2. The minimum Gasteiger partial charge on any atom is -0.373 e. The van der Waals surface area contributed by atoms with Gasteiger partial charge in [0.25, 0.3) is 0 Å². The zero-order chi connectivity index (χ0) is 11.4. The molecule has 84 valence electrons. The van der Waals surface area contributed by atoms with Crippen molar-refractivity contribution in [2.24, 2.45) is 0 Å². The number of hydrogen-bond donors (Lipinski definition) is 2. The van der Waals surface area contributed by atoms with Crippen LogP contribution in [0.15, 0.2) is 27.7 Å². The monoisotopic (exact) mass is 254 g/mol. The van der Waals surface area contributed by atoms with Crippen LogP contribution in [0.1, 0.15) is 0 Å². The van der Waals surface area contributed by atoms with Crippen molar-refractivity contribution in [3.63, 3.8) is 0 Å². The number of nitrogens with zero attached hydrogens (tertiary/aromatic N) is 4. The summed E-state index contributed by atoms with van der Waals surface area (Å²) in [7, 11) is 1.83. The topological polar surface area (TPSA) is 79.4 Å². The lowest BCUT2D eigenvalue weighted by Gasteiger charge is -2.04. The van der Waals surface area contributed by atoms with Crippen LogP contribution in [0.5, 0.6) is 0 Å². The highest BCUT2D eigenvalue weighted by Crippen LogP contribution is 2.25. The van der Waals surface area contributed by atoms with Crippen LogP contribution >= 0.6 is 23.5 Å². The maximum Gasteiger partial charge on any atom is 0.190 e. The predicted octanol–water partition coefficient (Wildman–Crippen LogP) is 1.51. The lowest BCUT2D eigenvalue weighted by molar-refractivity contribution is 0.889. The fourth-order valence-electron chi connectivity index (χ4n) is 1.02. The van der Waals surface area contributed by atoms with Gasteiger partial charge in [0.2, 0.25) is 0 Å². The quantitative estimate of drug-likeness (QED) is 0.486. The molecule has 0 bridgehead atoms. The van der Waals surface area contributed by atoms with Crippen molar-refractivity contribution in [1.82, 2.24) is 25.1 Å². The average molecular weight is 254 g/mol. The van der Waals surface area contributed by atoms with Crippen LogP contribution in [0.2, 0.25) is 0 Å². The smallest absolute Gasteiger partial charge is 0.190 e. The van der Waals surface area contributed by atoms with Crippen molar-refractivity contribution in [3.05, 3.63) is 12.4 Å². The summed E-state index contributed by atoms with van der Waals surface area (Å²) in [6, 6.07) is 1.87. The molecule has 0 saturated heterocycles. The van der Waals surface area contributed by atoms with Crippen LogP contribution in [0, 0.1) is 0 Å². The summed E-state index contributed by atoms with van der Waals surface area (Å²) in [5, 5.41) is 11.8. The van der Waals surface area contributed by atoms with Gasteiger partial charge in [0.15, 0.2) is 10.3 Å². The van der Waals surface area contributed by atoms with E-state index in [2.05, 4.69) is 30.5 Å². The van der Waals surface area contributed by atoms with Gasteiger partial charge in [-0.25, -0.2) is 15.0 Å². The van der Waals surface area contributed by atoms with Crippen molar-refractivity contribution in [2.45, 2.75) is 15.3 Å². The Morgan fingerprint density at radius 1 is 1.38 bits per heavy atom. The summed E-state index contributed by atoms with van der Waals surface area (Å²) in [6.07, 6.45) is 3.41. The van der Waals surface area contributed by atoms with E-state index in [0.29, 0.717) is 5.16 Å². The third-order valence-corrected chi connectivity index (χ3v) is 3.07. The molecule has 0 fully saturated rings. The molecule has 2 aromatic rings. The summed E-state index contributed by atoms with van der Waals surface area (Å²) >= 11 is 2.92. The van der Waals surface area contributed by atoms with Gasteiger partial charge in [0, 0.05) is 13.1 Å². The zero-order valence-electron chi connectivity index (χ0n) is 8.76. The van der Waals surface area contributed by atoms with Crippen molar-refractivity contribution in [3.8, 4) is 0 Å². The normalized spacial score (nSPS) is 10.4. The van der Waals surface area contributed by atoms with E-state index >= 15 is 0 Å². The van der Waals surface area contributed by atoms with Gasteiger partial charge in [-0.3, -0.25) is 5.10 Å². The fraction of sp³-hybridized carbons (Fsp3) is 0.250. The Kier molecular flexibility index (Phi) is 3.62. The largest absolute Gasteiger partial charge is 0.373 e. The highest BCUT2D eigenvalue weighted by molar-refractivity contribution is 7.99. The van der Waals surface area contributed by atoms with E-state index in [4.69, 9.17) is 0 Å². The van der Waals surface area contributed by atoms with Gasteiger partial charge >= 0.3 is 0 Å². The second kappa shape index (κ2) is 5.17. The third-order valence-electron chi connectivity index (χ3n) is 1.72. The lowest BCUT2D eigenvalue weighted by Crippen LogP contribution is -1.96. The molecule has 0 radical (unpaired) electrons.